The van der Waals surface area contributed by atoms with E-state index in [-0.39, 0.29) is 0 Å². The molecule has 0 amide bonds. The molecule has 0 radical (unpaired) electrons. The van der Waals surface area contributed by atoms with Crippen molar-refractivity contribution in [3.05, 3.63) is 18.0 Å². The Bertz CT molecular complexity index is 193. The molecular formula is C7H10N2O. The number of hydrogen-bond acceptors (Lipinski definition) is 3. The van der Waals surface area contributed by atoms with Crippen LogP contribution in [0, 0.1) is 0 Å². The number of rotatable bonds is 2. The molecule has 10 heavy (non-hydrogen) atoms. The molecule has 0 atom stereocenters. The van der Waals surface area contributed by atoms with E-state index in [1.54, 1.807) is 13.3 Å². The molecule has 0 fully saturated rings. The molecule has 0 aromatic carbocycles. The standard InChI is InChI=1S/C7H10N2O/c1-3-6-4-7(10-2)5-8-9-6/h4-5H,3H2,1-2H3. The number of aromatic nitrogens is 2. The summed E-state index contributed by atoms with van der Waals surface area (Å²) in [5.74, 6) is 0.770. The second kappa shape index (κ2) is 3.15. The second-order valence-electron chi connectivity index (χ2n) is 1.94. The normalized spacial score (nSPS) is 9.40. The molecular weight excluding hydrogens is 128 g/mol. The minimum absolute atomic E-state index is 0.770. The van der Waals surface area contributed by atoms with Gasteiger partial charge in [0.15, 0.2) is 0 Å². The number of nitrogens with zero attached hydrogens (tertiary/aromatic N) is 2. The highest BCUT2D eigenvalue weighted by Crippen LogP contribution is 2.07. The van der Waals surface area contributed by atoms with Gasteiger partial charge in [-0.2, -0.15) is 10.2 Å². The predicted octanol–water partition coefficient (Wildman–Crippen LogP) is 1.05. The van der Waals surface area contributed by atoms with Crippen molar-refractivity contribution in [3.63, 3.8) is 0 Å². The Kier molecular flexibility index (Phi) is 2.20. The second-order valence-corrected chi connectivity index (χ2v) is 1.94. The zero-order chi connectivity index (χ0) is 7.40. The van der Waals surface area contributed by atoms with Crippen molar-refractivity contribution in [1.82, 2.24) is 10.2 Å². The van der Waals surface area contributed by atoms with Gasteiger partial charge in [-0.05, 0) is 6.42 Å². The molecule has 0 aliphatic rings. The monoisotopic (exact) mass is 138 g/mol. The minimum atomic E-state index is 0.770. The van der Waals surface area contributed by atoms with Gasteiger partial charge in [0, 0.05) is 6.07 Å². The zero-order valence-electron chi connectivity index (χ0n) is 6.16. The predicted molar refractivity (Wildman–Crippen MR) is 38.0 cm³/mol. The Morgan fingerprint density at radius 1 is 1.60 bits per heavy atom. The quantitative estimate of drug-likeness (QED) is 0.612. The fourth-order valence-electron chi connectivity index (χ4n) is 0.675. The van der Waals surface area contributed by atoms with Crippen molar-refractivity contribution in [2.75, 3.05) is 7.11 Å². The van der Waals surface area contributed by atoms with E-state index in [0.717, 1.165) is 17.9 Å². The Balaban J connectivity index is 2.87. The highest BCUT2D eigenvalue weighted by molar-refractivity contribution is 5.18. The van der Waals surface area contributed by atoms with Gasteiger partial charge in [0.05, 0.1) is 19.0 Å². The van der Waals surface area contributed by atoms with Crippen LogP contribution in [0.3, 0.4) is 0 Å². The van der Waals surface area contributed by atoms with Crippen LogP contribution in [0.25, 0.3) is 0 Å². The fourth-order valence-corrected chi connectivity index (χ4v) is 0.675. The molecule has 54 valence electrons. The van der Waals surface area contributed by atoms with Crippen LogP contribution in [0.4, 0.5) is 0 Å². The van der Waals surface area contributed by atoms with E-state index in [1.807, 2.05) is 13.0 Å². The Morgan fingerprint density at radius 3 is 3.00 bits per heavy atom. The van der Waals surface area contributed by atoms with Gasteiger partial charge in [0.2, 0.25) is 0 Å². The molecule has 3 nitrogen and oxygen atoms in total. The summed E-state index contributed by atoms with van der Waals surface area (Å²) < 4.78 is 4.95. The van der Waals surface area contributed by atoms with Crippen molar-refractivity contribution in [2.24, 2.45) is 0 Å². The first-order valence-electron chi connectivity index (χ1n) is 3.22. The van der Waals surface area contributed by atoms with E-state index in [2.05, 4.69) is 10.2 Å². The summed E-state index contributed by atoms with van der Waals surface area (Å²) in [6.07, 6.45) is 2.49. The van der Waals surface area contributed by atoms with Crippen molar-refractivity contribution >= 4 is 0 Å². The van der Waals surface area contributed by atoms with Crippen molar-refractivity contribution in [1.29, 1.82) is 0 Å². The van der Waals surface area contributed by atoms with Crippen LogP contribution in [-0.4, -0.2) is 17.3 Å². The molecule has 0 spiro atoms. The molecule has 0 N–H and O–H groups in total. The van der Waals surface area contributed by atoms with E-state index in [4.69, 9.17) is 4.74 Å². The molecule has 3 heteroatoms. The van der Waals surface area contributed by atoms with Gasteiger partial charge in [-0.3, -0.25) is 0 Å². The molecule has 1 aromatic rings. The van der Waals surface area contributed by atoms with E-state index in [0.29, 0.717) is 0 Å². The Labute approximate surface area is 60.0 Å². The van der Waals surface area contributed by atoms with Gasteiger partial charge >= 0.3 is 0 Å². The maximum absolute atomic E-state index is 4.95. The number of hydrogen-bond donors (Lipinski definition) is 0. The van der Waals surface area contributed by atoms with E-state index in [1.165, 1.54) is 0 Å². The molecule has 0 saturated heterocycles. The first-order chi connectivity index (χ1) is 4.86. The summed E-state index contributed by atoms with van der Waals surface area (Å²) in [6, 6.07) is 1.88. The summed E-state index contributed by atoms with van der Waals surface area (Å²) in [4.78, 5) is 0. The highest BCUT2D eigenvalue weighted by Gasteiger charge is 1.93. The van der Waals surface area contributed by atoms with E-state index < -0.39 is 0 Å². The third kappa shape index (κ3) is 1.43. The van der Waals surface area contributed by atoms with Gasteiger partial charge < -0.3 is 4.74 Å². The molecule has 1 heterocycles. The van der Waals surface area contributed by atoms with Crippen LogP contribution in [0.15, 0.2) is 12.3 Å². The van der Waals surface area contributed by atoms with Gasteiger partial charge in [-0.15, -0.1) is 0 Å². The molecule has 0 bridgehead atoms. The molecule has 0 aliphatic heterocycles. The maximum Gasteiger partial charge on any atom is 0.140 e. The number of aryl methyl sites for hydroxylation is 1. The van der Waals surface area contributed by atoms with Gasteiger partial charge in [0.25, 0.3) is 0 Å². The highest BCUT2D eigenvalue weighted by atomic mass is 16.5. The molecule has 0 unspecified atom stereocenters. The van der Waals surface area contributed by atoms with Crippen molar-refractivity contribution < 1.29 is 4.74 Å². The van der Waals surface area contributed by atoms with Gasteiger partial charge in [-0.1, -0.05) is 6.92 Å². The lowest BCUT2D eigenvalue weighted by molar-refractivity contribution is 0.410. The summed E-state index contributed by atoms with van der Waals surface area (Å²) in [5.41, 5.74) is 0.958. The summed E-state index contributed by atoms with van der Waals surface area (Å²) in [5, 5.41) is 7.63. The average molecular weight is 138 g/mol. The third-order valence-corrected chi connectivity index (χ3v) is 1.28. The Hall–Kier alpha value is -1.12. The van der Waals surface area contributed by atoms with Crippen LogP contribution >= 0.6 is 0 Å². The Morgan fingerprint density at radius 2 is 2.40 bits per heavy atom. The first kappa shape index (κ1) is 6.99. The van der Waals surface area contributed by atoms with Crippen LogP contribution in [0.1, 0.15) is 12.6 Å². The first-order valence-corrected chi connectivity index (χ1v) is 3.22. The molecule has 0 aliphatic carbocycles. The summed E-state index contributed by atoms with van der Waals surface area (Å²) >= 11 is 0. The lowest BCUT2D eigenvalue weighted by Crippen LogP contribution is -1.92. The summed E-state index contributed by atoms with van der Waals surface area (Å²) in [7, 11) is 1.62. The molecule has 0 saturated carbocycles. The van der Waals surface area contributed by atoms with Crippen LogP contribution in [0.2, 0.25) is 0 Å². The van der Waals surface area contributed by atoms with Gasteiger partial charge in [-0.25, -0.2) is 0 Å². The SMILES string of the molecule is CCc1cc(OC)cnn1. The van der Waals surface area contributed by atoms with E-state index in [9.17, 15) is 0 Å². The summed E-state index contributed by atoms with van der Waals surface area (Å²) in [6.45, 7) is 2.03. The van der Waals surface area contributed by atoms with Crippen molar-refractivity contribution in [3.8, 4) is 5.75 Å². The zero-order valence-corrected chi connectivity index (χ0v) is 6.16. The number of ether oxygens (including phenoxy) is 1. The molecule has 1 aromatic heterocycles. The van der Waals surface area contributed by atoms with Gasteiger partial charge in [0.1, 0.15) is 5.75 Å². The van der Waals surface area contributed by atoms with E-state index >= 15 is 0 Å². The maximum atomic E-state index is 4.95. The van der Waals surface area contributed by atoms with Crippen molar-refractivity contribution in [2.45, 2.75) is 13.3 Å². The molecule has 1 rings (SSSR count). The smallest absolute Gasteiger partial charge is 0.140 e. The van der Waals surface area contributed by atoms with Crippen LogP contribution in [0.5, 0.6) is 5.75 Å². The lowest BCUT2D eigenvalue weighted by Gasteiger charge is -1.98. The minimum Gasteiger partial charge on any atom is -0.495 e. The average Bonchev–Trinajstić information content (AvgIpc) is 2.05. The lowest BCUT2D eigenvalue weighted by atomic mass is 10.3. The fraction of sp³-hybridized carbons (Fsp3) is 0.429. The topological polar surface area (TPSA) is 35.0 Å². The van der Waals surface area contributed by atoms with Crippen LogP contribution < -0.4 is 4.74 Å². The van der Waals surface area contributed by atoms with Crippen LogP contribution in [-0.2, 0) is 6.42 Å². The largest absolute Gasteiger partial charge is 0.495 e. The number of methoxy groups -OCH3 is 1. The third-order valence-electron chi connectivity index (χ3n) is 1.28.